The third kappa shape index (κ3) is 3.81. The zero-order valence-corrected chi connectivity index (χ0v) is 12.5. The van der Waals surface area contributed by atoms with E-state index in [0.29, 0.717) is 25.8 Å². The number of thiophene rings is 1. The lowest BCUT2D eigenvalue weighted by atomic mass is 9.93. The molecule has 0 aromatic carbocycles. The molecular formula is C10H12Cl2N2OS2. The molecule has 1 amide bonds. The van der Waals surface area contributed by atoms with Crippen LogP contribution >= 0.6 is 46.8 Å². The molecule has 0 saturated carbocycles. The summed E-state index contributed by atoms with van der Waals surface area (Å²) in [6.45, 7) is 4.07. The average Bonchev–Trinajstić information content (AvgIpc) is 2.54. The van der Waals surface area contributed by atoms with E-state index in [0.717, 1.165) is 11.3 Å². The molecule has 94 valence electrons. The van der Waals surface area contributed by atoms with E-state index in [-0.39, 0.29) is 5.91 Å². The summed E-state index contributed by atoms with van der Waals surface area (Å²) in [5.41, 5.74) is 5.51. The number of carbonyl (C=O) groups is 1. The third-order valence-corrected chi connectivity index (χ3v) is 4.30. The fraction of sp³-hybridized carbons (Fsp3) is 0.400. The van der Waals surface area contributed by atoms with Crippen LogP contribution in [0.5, 0.6) is 0 Å². The third-order valence-electron chi connectivity index (χ3n) is 2.26. The van der Waals surface area contributed by atoms with Crippen LogP contribution in [0.4, 0.5) is 0 Å². The van der Waals surface area contributed by atoms with Gasteiger partial charge in [0.1, 0.15) is 4.34 Å². The first-order chi connectivity index (χ1) is 7.74. The van der Waals surface area contributed by atoms with Crippen LogP contribution in [0.15, 0.2) is 6.07 Å². The number of amides is 1. The number of hydrogen-bond acceptors (Lipinski definition) is 3. The fourth-order valence-corrected chi connectivity index (χ4v) is 2.51. The SMILES string of the molecule is CC(C)(CNC(=O)c1cc(Cl)sc1Cl)C(N)=S. The van der Waals surface area contributed by atoms with Crippen molar-refractivity contribution >= 4 is 57.7 Å². The molecule has 0 fully saturated rings. The van der Waals surface area contributed by atoms with E-state index in [9.17, 15) is 4.79 Å². The van der Waals surface area contributed by atoms with Crippen LogP contribution in [-0.4, -0.2) is 17.4 Å². The molecule has 0 unspecified atom stereocenters. The normalized spacial score (nSPS) is 11.3. The Labute approximate surface area is 119 Å². The van der Waals surface area contributed by atoms with Crippen LogP contribution in [-0.2, 0) is 0 Å². The summed E-state index contributed by atoms with van der Waals surface area (Å²) in [7, 11) is 0. The molecule has 0 aliphatic rings. The Morgan fingerprint density at radius 2 is 2.18 bits per heavy atom. The molecule has 1 heterocycles. The van der Waals surface area contributed by atoms with Gasteiger partial charge in [-0.25, -0.2) is 0 Å². The van der Waals surface area contributed by atoms with Crippen LogP contribution in [0.25, 0.3) is 0 Å². The number of rotatable bonds is 4. The van der Waals surface area contributed by atoms with Crippen molar-refractivity contribution in [3.8, 4) is 0 Å². The number of thiocarbonyl (C=S) groups is 1. The molecule has 17 heavy (non-hydrogen) atoms. The molecule has 0 aliphatic heterocycles. The van der Waals surface area contributed by atoms with Gasteiger partial charge in [-0.1, -0.05) is 49.3 Å². The summed E-state index contributed by atoms with van der Waals surface area (Å²) in [6.07, 6.45) is 0. The minimum Gasteiger partial charge on any atom is -0.393 e. The van der Waals surface area contributed by atoms with Gasteiger partial charge in [-0.3, -0.25) is 4.79 Å². The second-order valence-corrected chi connectivity index (χ2v) is 6.89. The standard InChI is InChI=1S/C10H12Cl2N2OS2/c1-10(2,9(13)16)4-14-8(15)5-3-6(11)17-7(5)12/h3H,4H2,1-2H3,(H2,13,16)(H,14,15). The molecule has 1 aromatic heterocycles. The van der Waals surface area contributed by atoms with E-state index >= 15 is 0 Å². The van der Waals surface area contributed by atoms with Gasteiger partial charge < -0.3 is 11.1 Å². The Morgan fingerprint density at radius 3 is 2.59 bits per heavy atom. The highest BCUT2D eigenvalue weighted by Gasteiger charge is 2.23. The van der Waals surface area contributed by atoms with Gasteiger partial charge in [0.25, 0.3) is 5.91 Å². The number of nitrogens with one attached hydrogen (secondary N) is 1. The second kappa shape index (κ2) is 5.52. The van der Waals surface area contributed by atoms with E-state index in [1.807, 2.05) is 13.8 Å². The number of hydrogen-bond donors (Lipinski definition) is 2. The summed E-state index contributed by atoms with van der Waals surface area (Å²) in [5, 5.41) is 2.73. The molecule has 1 rings (SSSR count). The Kier molecular flexibility index (Phi) is 4.77. The van der Waals surface area contributed by atoms with Crippen molar-refractivity contribution < 1.29 is 4.79 Å². The van der Waals surface area contributed by atoms with Crippen LogP contribution in [0.1, 0.15) is 24.2 Å². The molecule has 7 heteroatoms. The Bertz CT molecular complexity index is 457. The van der Waals surface area contributed by atoms with Crippen molar-refractivity contribution in [3.05, 3.63) is 20.3 Å². The van der Waals surface area contributed by atoms with Gasteiger partial charge in [-0.2, -0.15) is 0 Å². The van der Waals surface area contributed by atoms with Crippen molar-refractivity contribution in [2.75, 3.05) is 6.54 Å². The second-order valence-electron chi connectivity index (χ2n) is 4.17. The molecule has 1 aromatic rings. The maximum atomic E-state index is 11.8. The lowest BCUT2D eigenvalue weighted by molar-refractivity contribution is 0.0945. The van der Waals surface area contributed by atoms with Crippen molar-refractivity contribution in [2.24, 2.45) is 11.1 Å². The van der Waals surface area contributed by atoms with Crippen molar-refractivity contribution in [2.45, 2.75) is 13.8 Å². The molecular weight excluding hydrogens is 299 g/mol. The van der Waals surface area contributed by atoms with Crippen molar-refractivity contribution in [3.63, 3.8) is 0 Å². The predicted molar refractivity (Wildman–Crippen MR) is 77.2 cm³/mol. The van der Waals surface area contributed by atoms with E-state index in [2.05, 4.69) is 5.32 Å². The highest BCUT2D eigenvalue weighted by Crippen LogP contribution is 2.31. The van der Waals surface area contributed by atoms with E-state index in [4.69, 9.17) is 41.2 Å². The zero-order valence-electron chi connectivity index (χ0n) is 9.34. The summed E-state index contributed by atoms with van der Waals surface area (Å²) in [6, 6.07) is 1.54. The Hall–Kier alpha value is -0.360. The summed E-state index contributed by atoms with van der Waals surface area (Å²) in [5.74, 6) is -0.275. The first kappa shape index (κ1) is 14.7. The van der Waals surface area contributed by atoms with Gasteiger partial charge in [0, 0.05) is 12.0 Å². The predicted octanol–water partition coefficient (Wildman–Crippen LogP) is 3.10. The van der Waals surface area contributed by atoms with Gasteiger partial charge in [0.2, 0.25) is 0 Å². The average molecular weight is 311 g/mol. The molecule has 0 atom stereocenters. The highest BCUT2D eigenvalue weighted by atomic mass is 35.5. The van der Waals surface area contributed by atoms with Gasteiger partial charge in [-0.15, -0.1) is 11.3 Å². The van der Waals surface area contributed by atoms with Crippen molar-refractivity contribution in [1.29, 1.82) is 0 Å². The topological polar surface area (TPSA) is 55.1 Å². The summed E-state index contributed by atoms with van der Waals surface area (Å²) in [4.78, 5) is 12.2. The fourth-order valence-electron chi connectivity index (χ4n) is 0.979. The number of halogens is 2. The molecule has 3 N–H and O–H groups in total. The number of nitrogens with two attached hydrogens (primary N) is 1. The molecule has 0 radical (unpaired) electrons. The first-order valence-corrected chi connectivity index (χ1v) is 6.75. The molecule has 0 bridgehead atoms. The van der Waals surface area contributed by atoms with Gasteiger partial charge in [-0.05, 0) is 6.07 Å². The Morgan fingerprint density at radius 1 is 1.59 bits per heavy atom. The molecule has 0 aliphatic carbocycles. The quantitative estimate of drug-likeness (QED) is 0.840. The van der Waals surface area contributed by atoms with Gasteiger partial charge in [0.15, 0.2) is 0 Å². The van der Waals surface area contributed by atoms with Gasteiger partial charge in [0.05, 0.1) is 14.9 Å². The first-order valence-electron chi connectivity index (χ1n) is 4.77. The van der Waals surface area contributed by atoms with Crippen molar-refractivity contribution in [1.82, 2.24) is 5.32 Å². The largest absolute Gasteiger partial charge is 0.393 e. The summed E-state index contributed by atoms with van der Waals surface area (Å²) < 4.78 is 0.856. The smallest absolute Gasteiger partial charge is 0.253 e. The van der Waals surface area contributed by atoms with Crippen LogP contribution in [0.2, 0.25) is 8.67 Å². The summed E-state index contributed by atoms with van der Waals surface area (Å²) >= 11 is 17.7. The molecule has 3 nitrogen and oxygen atoms in total. The lowest BCUT2D eigenvalue weighted by Crippen LogP contribution is -2.41. The Balaban J connectivity index is 2.68. The molecule has 0 saturated heterocycles. The minimum absolute atomic E-state index is 0.275. The monoisotopic (exact) mass is 310 g/mol. The van der Waals surface area contributed by atoms with E-state index in [1.54, 1.807) is 0 Å². The lowest BCUT2D eigenvalue weighted by Gasteiger charge is -2.23. The zero-order chi connectivity index (χ0) is 13.2. The minimum atomic E-state index is -0.433. The highest BCUT2D eigenvalue weighted by molar-refractivity contribution is 7.80. The molecule has 0 spiro atoms. The number of carbonyl (C=O) groups excluding carboxylic acids is 1. The van der Waals surface area contributed by atoms with Crippen LogP contribution < -0.4 is 11.1 Å². The van der Waals surface area contributed by atoms with E-state index in [1.165, 1.54) is 6.07 Å². The van der Waals surface area contributed by atoms with E-state index < -0.39 is 5.41 Å². The van der Waals surface area contributed by atoms with Crippen LogP contribution in [0, 0.1) is 5.41 Å². The maximum Gasteiger partial charge on any atom is 0.253 e. The maximum absolute atomic E-state index is 11.8. The van der Waals surface area contributed by atoms with Crippen LogP contribution in [0.3, 0.4) is 0 Å². The van der Waals surface area contributed by atoms with Gasteiger partial charge >= 0.3 is 0 Å².